The van der Waals surface area contributed by atoms with E-state index in [0.29, 0.717) is 34.2 Å². The van der Waals surface area contributed by atoms with Crippen LogP contribution in [0.5, 0.6) is 17.2 Å². The van der Waals surface area contributed by atoms with Gasteiger partial charge in [-0.05, 0) is 72.9 Å². The summed E-state index contributed by atoms with van der Waals surface area (Å²) >= 11 is 0. The third-order valence-corrected chi connectivity index (χ3v) is 7.36. The van der Waals surface area contributed by atoms with Crippen molar-refractivity contribution in [2.75, 3.05) is 14.2 Å². The number of aromatic nitrogens is 1. The molecule has 0 radical (unpaired) electrons. The number of carboxylic acids is 1. The quantitative estimate of drug-likeness (QED) is 0.428. The topological polar surface area (TPSA) is 80.7 Å². The van der Waals surface area contributed by atoms with E-state index in [4.69, 9.17) is 14.2 Å². The second-order valence-corrected chi connectivity index (χ2v) is 9.64. The third-order valence-electron chi connectivity index (χ3n) is 7.36. The molecule has 8 heteroatoms. The van der Waals surface area contributed by atoms with Gasteiger partial charge in [0.25, 0.3) is 0 Å². The molecular formula is C29H29FNNaO5. The fourth-order valence-corrected chi connectivity index (χ4v) is 5.21. The number of carbonyl (C=O) groups excluding carboxylic acids is 1. The van der Waals surface area contributed by atoms with E-state index < -0.39 is 17.7 Å². The van der Waals surface area contributed by atoms with Gasteiger partial charge in [-0.1, -0.05) is 19.1 Å². The first kappa shape index (κ1) is 27.4. The fraction of sp³-hybridized carbons (Fsp3) is 0.379. The largest absolute Gasteiger partial charge is 1.00 e. The summed E-state index contributed by atoms with van der Waals surface area (Å²) in [6.45, 7) is 1.73. The third kappa shape index (κ3) is 5.64. The maximum Gasteiger partial charge on any atom is 1.00 e. The number of carbonyl (C=O) groups is 1. The molecule has 0 saturated heterocycles. The Labute approximate surface area is 238 Å². The molecule has 0 amide bonds. The molecule has 2 aromatic carbocycles. The number of hydrogen-bond acceptors (Lipinski definition) is 6. The number of rotatable bonds is 8. The minimum Gasteiger partial charge on any atom is -0.550 e. The Bertz CT molecular complexity index is 1300. The number of aliphatic carboxylic acids is 1. The zero-order valence-corrected chi connectivity index (χ0v) is 23.6. The van der Waals surface area contributed by atoms with Crippen LogP contribution in [0, 0.1) is 17.7 Å². The number of aryl methyl sites for hydroxylation is 1. The van der Waals surface area contributed by atoms with Crippen molar-refractivity contribution >= 4 is 5.97 Å². The van der Waals surface area contributed by atoms with E-state index in [1.807, 2.05) is 18.2 Å². The van der Waals surface area contributed by atoms with Gasteiger partial charge in [-0.2, -0.15) is 0 Å². The molecular weight excluding hydrogens is 484 g/mol. The maximum atomic E-state index is 14.6. The molecule has 1 saturated carbocycles. The van der Waals surface area contributed by atoms with Crippen molar-refractivity contribution in [1.29, 1.82) is 0 Å². The van der Waals surface area contributed by atoms with Crippen molar-refractivity contribution in [3.63, 3.8) is 0 Å². The van der Waals surface area contributed by atoms with Crippen LogP contribution in [0.15, 0.2) is 48.7 Å². The second kappa shape index (κ2) is 11.4. The van der Waals surface area contributed by atoms with Gasteiger partial charge in [0.05, 0.1) is 19.9 Å². The smallest absolute Gasteiger partial charge is 0.550 e. The zero-order valence-electron chi connectivity index (χ0n) is 21.6. The van der Waals surface area contributed by atoms with Gasteiger partial charge in [-0.25, -0.2) is 4.39 Å². The number of nitrogens with zero attached hydrogens (tertiary/aromatic N) is 1. The predicted octanol–water partition coefficient (Wildman–Crippen LogP) is 1.85. The van der Waals surface area contributed by atoms with Gasteiger partial charge in [0.1, 0.15) is 29.2 Å². The number of carboxylic acid groups (broad SMARTS) is 1. The van der Waals surface area contributed by atoms with Crippen molar-refractivity contribution in [3.05, 3.63) is 71.3 Å². The first-order valence-electron chi connectivity index (χ1n) is 12.3. The molecule has 1 aliphatic heterocycles. The Hall–Kier alpha value is -2.61. The van der Waals surface area contributed by atoms with Crippen LogP contribution < -0.4 is 48.9 Å². The molecule has 0 bridgehead atoms. The molecule has 0 N–H and O–H groups in total. The summed E-state index contributed by atoms with van der Waals surface area (Å²) in [6.07, 6.45) is 4.91. The molecule has 6 nitrogen and oxygen atoms in total. The number of ether oxygens (including phenoxy) is 3. The summed E-state index contributed by atoms with van der Waals surface area (Å²) in [7, 11) is 3.08. The molecule has 1 aromatic heterocycles. The van der Waals surface area contributed by atoms with Crippen LogP contribution in [0.1, 0.15) is 55.0 Å². The SMILES string of the molecule is COc1ccc(F)c(-c2cnc(C3CCc4ccc([C@H](C5CC5)[C@H](C)C(=O)[O-])cc4O3)cc2OC)c1.[Na+]. The number of methoxy groups -OCH3 is 2. The van der Waals surface area contributed by atoms with E-state index in [-0.39, 0.29) is 41.6 Å². The van der Waals surface area contributed by atoms with E-state index in [1.165, 1.54) is 13.2 Å². The minimum absolute atomic E-state index is 0. The monoisotopic (exact) mass is 513 g/mol. The molecule has 5 rings (SSSR count). The first-order chi connectivity index (χ1) is 17.4. The fourth-order valence-electron chi connectivity index (χ4n) is 5.21. The molecule has 1 unspecified atom stereocenters. The number of halogens is 1. The first-order valence-corrected chi connectivity index (χ1v) is 12.3. The summed E-state index contributed by atoms with van der Waals surface area (Å²) in [6, 6.07) is 12.4. The molecule has 37 heavy (non-hydrogen) atoms. The van der Waals surface area contributed by atoms with E-state index >= 15 is 0 Å². The van der Waals surface area contributed by atoms with E-state index in [2.05, 4.69) is 4.98 Å². The molecule has 3 aromatic rings. The van der Waals surface area contributed by atoms with Crippen molar-refractivity contribution < 1.29 is 58.1 Å². The van der Waals surface area contributed by atoms with Crippen LogP contribution in [0.2, 0.25) is 0 Å². The predicted molar refractivity (Wildman–Crippen MR) is 131 cm³/mol. The average Bonchev–Trinajstić information content (AvgIpc) is 3.73. The molecule has 188 valence electrons. The van der Waals surface area contributed by atoms with Crippen LogP contribution in [0.3, 0.4) is 0 Å². The second-order valence-electron chi connectivity index (χ2n) is 9.64. The summed E-state index contributed by atoms with van der Waals surface area (Å²) < 4.78 is 31.8. The molecule has 1 aliphatic carbocycles. The Balaban J connectivity index is 0.00000320. The standard InChI is InChI=1S/C29H30FNO5.Na/c1-16(29(32)33)28(18-5-6-18)19-7-4-17-8-11-25(36-26(17)12-19)24-14-27(35-3)22(15-31-24)21-13-20(34-2)9-10-23(21)30;/h4,7,9-10,12-16,18,25,28H,5-6,8,11H2,1-3H3,(H,32,33);/q;+1/p-1/t16-,25?,28-;/m0./s1. The normalized spacial score (nSPS) is 18.0. The van der Waals surface area contributed by atoms with E-state index in [9.17, 15) is 14.3 Å². The Morgan fingerprint density at radius 1 is 1.08 bits per heavy atom. The average molecular weight is 514 g/mol. The Kier molecular flexibility index (Phi) is 8.46. The van der Waals surface area contributed by atoms with Crippen LogP contribution >= 0.6 is 0 Å². The molecule has 0 spiro atoms. The summed E-state index contributed by atoms with van der Waals surface area (Å²) in [5.74, 6) is 0.0895. The zero-order chi connectivity index (χ0) is 25.4. The van der Waals surface area contributed by atoms with E-state index in [0.717, 1.165) is 42.6 Å². The number of hydrogen-bond donors (Lipinski definition) is 0. The maximum absolute atomic E-state index is 14.6. The van der Waals surface area contributed by atoms with Crippen molar-refractivity contribution in [3.8, 4) is 28.4 Å². The van der Waals surface area contributed by atoms with Gasteiger partial charge in [-0.15, -0.1) is 0 Å². The summed E-state index contributed by atoms with van der Waals surface area (Å²) in [4.78, 5) is 16.2. The number of benzene rings is 2. The van der Waals surface area contributed by atoms with Gasteiger partial charge in [0, 0.05) is 35.3 Å². The van der Waals surface area contributed by atoms with Crippen LogP contribution in [-0.4, -0.2) is 25.2 Å². The number of pyridine rings is 1. The van der Waals surface area contributed by atoms with Crippen molar-refractivity contribution in [2.24, 2.45) is 11.8 Å². The van der Waals surface area contributed by atoms with Gasteiger partial charge in [-0.3, -0.25) is 4.98 Å². The van der Waals surface area contributed by atoms with Crippen molar-refractivity contribution in [1.82, 2.24) is 4.98 Å². The Morgan fingerprint density at radius 3 is 2.54 bits per heavy atom. The molecule has 2 aliphatic rings. The van der Waals surface area contributed by atoms with E-state index in [1.54, 1.807) is 38.4 Å². The number of fused-ring (bicyclic) bond motifs is 1. The van der Waals surface area contributed by atoms with Crippen LogP contribution in [0.4, 0.5) is 4.39 Å². The van der Waals surface area contributed by atoms with Gasteiger partial charge < -0.3 is 24.1 Å². The molecule has 2 heterocycles. The summed E-state index contributed by atoms with van der Waals surface area (Å²) in [5.41, 5.74) is 3.63. The van der Waals surface area contributed by atoms with Gasteiger partial charge >= 0.3 is 29.6 Å². The van der Waals surface area contributed by atoms with Crippen LogP contribution in [-0.2, 0) is 11.2 Å². The molecule has 1 fully saturated rings. The van der Waals surface area contributed by atoms with Crippen molar-refractivity contribution in [2.45, 2.75) is 44.6 Å². The van der Waals surface area contributed by atoms with Gasteiger partial charge in [0.2, 0.25) is 0 Å². The van der Waals surface area contributed by atoms with Gasteiger partial charge in [0.15, 0.2) is 0 Å². The van der Waals surface area contributed by atoms with Crippen LogP contribution in [0.25, 0.3) is 11.1 Å². The Morgan fingerprint density at radius 2 is 1.86 bits per heavy atom. The summed E-state index contributed by atoms with van der Waals surface area (Å²) in [5, 5.41) is 11.6. The molecule has 3 atom stereocenters. The minimum atomic E-state index is -1.02.